The number of hydrogen-bond donors (Lipinski definition) is 2. The number of nitrogens with one attached hydrogen (secondary N) is 1. The van der Waals surface area contributed by atoms with Gasteiger partial charge in [-0.05, 0) is 25.3 Å². The highest BCUT2D eigenvalue weighted by Gasteiger charge is 2.01. The maximum Gasteiger partial charge on any atom is 0.0456 e. The number of rotatable bonds is 3. The first-order valence-electron chi connectivity index (χ1n) is 4.18. The van der Waals surface area contributed by atoms with Gasteiger partial charge in [-0.25, -0.2) is 0 Å². The molecule has 0 atom stereocenters. The average Bonchev–Trinajstić information content (AvgIpc) is 2.49. The van der Waals surface area contributed by atoms with Gasteiger partial charge >= 0.3 is 0 Å². The van der Waals surface area contributed by atoms with Crippen molar-refractivity contribution in [3.05, 3.63) is 41.9 Å². The minimum absolute atomic E-state index is 1.06. The van der Waals surface area contributed by atoms with E-state index >= 15 is 0 Å². The van der Waals surface area contributed by atoms with Gasteiger partial charge in [0, 0.05) is 23.0 Å². The van der Waals surface area contributed by atoms with Crippen LogP contribution in [-0.4, -0.2) is 4.98 Å². The number of nitrogens with two attached hydrogens (primary N) is 1. The standard InChI is InChI=1S/C11H14N2/c1-3-5-11-10(4-2)9(6-7-12)8-13-11/h3-8,13H,2,12H2,1H3/b5-3-,7-6-. The van der Waals surface area contributed by atoms with Crippen molar-refractivity contribution in [1.82, 2.24) is 4.98 Å². The van der Waals surface area contributed by atoms with E-state index in [9.17, 15) is 0 Å². The van der Waals surface area contributed by atoms with Gasteiger partial charge in [-0.2, -0.15) is 0 Å². The van der Waals surface area contributed by atoms with Crippen LogP contribution in [0, 0.1) is 0 Å². The van der Waals surface area contributed by atoms with Crippen LogP contribution in [0.5, 0.6) is 0 Å². The largest absolute Gasteiger partial charge is 0.405 e. The van der Waals surface area contributed by atoms with E-state index in [-0.39, 0.29) is 0 Å². The van der Waals surface area contributed by atoms with Gasteiger partial charge in [0.25, 0.3) is 0 Å². The number of aromatic amines is 1. The molecule has 1 aromatic heterocycles. The molecule has 0 saturated carbocycles. The molecule has 0 aromatic carbocycles. The van der Waals surface area contributed by atoms with E-state index in [1.165, 1.54) is 6.20 Å². The highest BCUT2D eigenvalue weighted by molar-refractivity contribution is 5.71. The molecule has 1 aromatic rings. The second-order valence-corrected chi connectivity index (χ2v) is 2.63. The molecule has 0 aliphatic heterocycles. The summed E-state index contributed by atoms with van der Waals surface area (Å²) in [6.45, 7) is 5.74. The second-order valence-electron chi connectivity index (χ2n) is 2.63. The summed E-state index contributed by atoms with van der Waals surface area (Å²) in [5.74, 6) is 0. The first-order chi connectivity index (χ1) is 6.33. The summed E-state index contributed by atoms with van der Waals surface area (Å²) in [5.41, 5.74) is 8.53. The molecule has 68 valence electrons. The average molecular weight is 174 g/mol. The molecule has 0 bridgehead atoms. The summed E-state index contributed by atoms with van der Waals surface area (Å²) in [7, 11) is 0. The summed E-state index contributed by atoms with van der Waals surface area (Å²) in [4.78, 5) is 3.15. The maximum absolute atomic E-state index is 5.32. The van der Waals surface area contributed by atoms with Crippen LogP contribution < -0.4 is 5.73 Å². The van der Waals surface area contributed by atoms with Crippen molar-refractivity contribution in [3.63, 3.8) is 0 Å². The van der Waals surface area contributed by atoms with Crippen LogP contribution in [0.15, 0.2) is 25.1 Å². The Morgan fingerprint density at radius 3 is 2.77 bits per heavy atom. The van der Waals surface area contributed by atoms with Gasteiger partial charge in [0.15, 0.2) is 0 Å². The van der Waals surface area contributed by atoms with Crippen LogP contribution in [0.25, 0.3) is 18.2 Å². The Bertz CT molecular complexity index is 313. The predicted molar refractivity (Wildman–Crippen MR) is 58.8 cm³/mol. The van der Waals surface area contributed by atoms with Gasteiger partial charge in [0.05, 0.1) is 0 Å². The lowest BCUT2D eigenvalue weighted by Crippen LogP contribution is -1.79. The van der Waals surface area contributed by atoms with Crippen molar-refractivity contribution in [3.8, 4) is 0 Å². The van der Waals surface area contributed by atoms with Crippen molar-refractivity contribution in [2.75, 3.05) is 0 Å². The molecular formula is C11H14N2. The maximum atomic E-state index is 5.32. The lowest BCUT2D eigenvalue weighted by atomic mass is 10.1. The molecule has 0 unspecified atom stereocenters. The van der Waals surface area contributed by atoms with Crippen molar-refractivity contribution in [2.45, 2.75) is 6.92 Å². The van der Waals surface area contributed by atoms with Crippen molar-refractivity contribution in [1.29, 1.82) is 0 Å². The quantitative estimate of drug-likeness (QED) is 0.726. The SMILES string of the molecule is C=Cc1c(/C=C\N)c[nH]c1/C=C\C. The molecule has 3 N–H and O–H groups in total. The van der Waals surface area contributed by atoms with Crippen LogP contribution in [0.1, 0.15) is 23.7 Å². The van der Waals surface area contributed by atoms with Crippen LogP contribution in [-0.2, 0) is 0 Å². The highest BCUT2D eigenvalue weighted by Crippen LogP contribution is 2.17. The molecule has 1 heterocycles. The molecule has 0 fully saturated rings. The smallest absolute Gasteiger partial charge is 0.0456 e. The minimum Gasteiger partial charge on any atom is -0.405 e. The Morgan fingerprint density at radius 2 is 2.23 bits per heavy atom. The molecule has 1 rings (SSSR count). The summed E-state index contributed by atoms with van der Waals surface area (Å²) < 4.78 is 0. The van der Waals surface area contributed by atoms with Gasteiger partial charge in [-0.1, -0.05) is 18.7 Å². The summed E-state index contributed by atoms with van der Waals surface area (Å²) in [6.07, 6.45) is 11.1. The Labute approximate surface area is 78.5 Å². The molecule has 2 heteroatoms. The third-order valence-corrected chi connectivity index (χ3v) is 1.80. The molecule has 0 aliphatic rings. The highest BCUT2D eigenvalue weighted by atomic mass is 14.7. The molecule has 0 spiro atoms. The van der Waals surface area contributed by atoms with Gasteiger partial charge in [-0.15, -0.1) is 0 Å². The molecular weight excluding hydrogens is 160 g/mol. The fourth-order valence-corrected chi connectivity index (χ4v) is 1.24. The van der Waals surface area contributed by atoms with E-state index in [0.717, 1.165) is 16.8 Å². The van der Waals surface area contributed by atoms with Crippen molar-refractivity contribution < 1.29 is 0 Å². The van der Waals surface area contributed by atoms with E-state index in [2.05, 4.69) is 11.6 Å². The summed E-state index contributed by atoms with van der Waals surface area (Å²) in [5, 5.41) is 0. The first-order valence-corrected chi connectivity index (χ1v) is 4.18. The number of H-pyrrole nitrogens is 1. The van der Waals surface area contributed by atoms with Crippen LogP contribution in [0.4, 0.5) is 0 Å². The van der Waals surface area contributed by atoms with Gasteiger partial charge in [0.1, 0.15) is 0 Å². The number of hydrogen-bond acceptors (Lipinski definition) is 1. The minimum atomic E-state index is 1.06. The van der Waals surface area contributed by atoms with Gasteiger partial charge in [-0.3, -0.25) is 0 Å². The fourth-order valence-electron chi connectivity index (χ4n) is 1.24. The fraction of sp³-hybridized carbons (Fsp3) is 0.0909. The summed E-state index contributed by atoms with van der Waals surface area (Å²) in [6, 6.07) is 0. The van der Waals surface area contributed by atoms with Crippen molar-refractivity contribution in [2.24, 2.45) is 5.73 Å². The van der Waals surface area contributed by atoms with Crippen LogP contribution in [0.2, 0.25) is 0 Å². The van der Waals surface area contributed by atoms with E-state index < -0.39 is 0 Å². The Kier molecular flexibility index (Phi) is 3.15. The second kappa shape index (κ2) is 4.36. The topological polar surface area (TPSA) is 41.8 Å². The molecule has 0 amide bonds. The monoisotopic (exact) mass is 174 g/mol. The zero-order valence-corrected chi connectivity index (χ0v) is 7.75. The Morgan fingerprint density at radius 1 is 1.46 bits per heavy atom. The zero-order chi connectivity index (χ0) is 9.68. The first kappa shape index (κ1) is 9.39. The third kappa shape index (κ3) is 1.90. The number of aromatic nitrogens is 1. The molecule has 13 heavy (non-hydrogen) atoms. The van der Waals surface area contributed by atoms with Gasteiger partial charge in [0.2, 0.25) is 0 Å². The molecule has 0 radical (unpaired) electrons. The zero-order valence-electron chi connectivity index (χ0n) is 7.75. The van der Waals surface area contributed by atoms with Crippen LogP contribution >= 0.6 is 0 Å². The van der Waals surface area contributed by atoms with E-state index in [1.807, 2.05) is 37.4 Å². The molecule has 2 nitrogen and oxygen atoms in total. The van der Waals surface area contributed by atoms with E-state index in [0.29, 0.717) is 0 Å². The summed E-state index contributed by atoms with van der Waals surface area (Å²) >= 11 is 0. The normalized spacial score (nSPS) is 11.5. The van der Waals surface area contributed by atoms with E-state index in [4.69, 9.17) is 5.73 Å². The number of allylic oxidation sites excluding steroid dienone is 1. The van der Waals surface area contributed by atoms with Gasteiger partial charge < -0.3 is 10.7 Å². The molecule has 0 saturated heterocycles. The Balaban J connectivity index is 3.17. The van der Waals surface area contributed by atoms with Crippen molar-refractivity contribution >= 4 is 18.2 Å². The Hall–Kier alpha value is -1.70. The molecule has 0 aliphatic carbocycles. The third-order valence-electron chi connectivity index (χ3n) is 1.80. The lowest BCUT2D eigenvalue weighted by Gasteiger charge is -1.93. The van der Waals surface area contributed by atoms with E-state index in [1.54, 1.807) is 0 Å². The lowest BCUT2D eigenvalue weighted by molar-refractivity contribution is 1.37. The van der Waals surface area contributed by atoms with Crippen LogP contribution in [0.3, 0.4) is 0 Å². The predicted octanol–water partition coefficient (Wildman–Crippen LogP) is 2.62.